The number of anilines is 1. The van der Waals surface area contributed by atoms with Crippen LogP contribution < -0.4 is 90.8 Å². The first-order valence-electron chi connectivity index (χ1n) is 15.5. The van der Waals surface area contributed by atoms with Crippen molar-refractivity contribution in [3.05, 3.63) is 45.1 Å². The van der Waals surface area contributed by atoms with Crippen LogP contribution >= 0.6 is 34.7 Å². The van der Waals surface area contributed by atoms with Crippen LogP contribution in [0.25, 0.3) is 0 Å². The number of nitrogens with two attached hydrogens (primary N) is 1. The summed E-state index contributed by atoms with van der Waals surface area (Å²) in [5, 5.41) is 63.0. The van der Waals surface area contributed by atoms with E-state index in [1.807, 2.05) is 0 Å². The summed E-state index contributed by atoms with van der Waals surface area (Å²) in [4.78, 5) is 84.0. The van der Waals surface area contributed by atoms with Crippen LogP contribution in [0.15, 0.2) is 33.9 Å². The maximum Gasteiger partial charge on any atom is 1.00 e. The number of carbonyl (C=O) groups excluding carboxylic acids is 6. The summed E-state index contributed by atoms with van der Waals surface area (Å²) in [7, 11) is 0. The Labute approximate surface area is 364 Å². The molecule has 2 aromatic rings. The number of hydrogen-bond acceptors (Lipinski definition) is 17. The monoisotopic (exact) mass is 825 g/mol. The summed E-state index contributed by atoms with van der Waals surface area (Å²) in [5.41, 5.74) is 4.89. The molecule has 0 bridgehead atoms. The topological polar surface area (TPSA) is 300 Å². The fourth-order valence-corrected chi connectivity index (χ4v) is 8.27. The quantitative estimate of drug-likeness (QED) is 0.0278. The smallest absolute Gasteiger partial charge is 0.550 e. The van der Waals surface area contributed by atoms with Gasteiger partial charge in [-0.2, -0.15) is 0 Å². The van der Waals surface area contributed by atoms with E-state index in [1.54, 1.807) is 0 Å². The number of carboxylic acids is 3. The number of nitrogen functional groups attached to an aromatic ring is 1. The van der Waals surface area contributed by atoms with Crippen LogP contribution in [-0.4, -0.2) is 122 Å². The van der Waals surface area contributed by atoms with E-state index in [2.05, 4.69) is 20.8 Å². The average molecular weight is 826 g/mol. The van der Waals surface area contributed by atoms with Gasteiger partial charge in [-0.25, -0.2) is 4.98 Å². The van der Waals surface area contributed by atoms with E-state index in [1.165, 1.54) is 23.2 Å². The first-order chi connectivity index (χ1) is 24.6. The molecule has 0 aliphatic carbocycles. The van der Waals surface area contributed by atoms with Gasteiger partial charge >= 0.3 is 59.1 Å². The zero-order valence-electron chi connectivity index (χ0n) is 28.9. The molecule has 2 fully saturated rings. The average Bonchev–Trinajstić information content (AvgIpc) is 3.74. The zero-order chi connectivity index (χ0) is 37.9. The molecule has 19 nitrogen and oxygen atoms in total. The Morgan fingerprint density at radius 3 is 2.43 bits per heavy atom. The summed E-state index contributed by atoms with van der Waals surface area (Å²) in [5.74, 6) is -8.73. The third-order valence-corrected chi connectivity index (χ3v) is 11.0. The maximum atomic E-state index is 13.4. The number of oxime groups is 1. The van der Waals surface area contributed by atoms with Gasteiger partial charge in [-0.1, -0.05) is 16.8 Å². The van der Waals surface area contributed by atoms with Gasteiger partial charge in [0.2, 0.25) is 0 Å². The molecule has 3 aliphatic rings. The number of carbonyl (C=O) groups is 6. The van der Waals surface area contributed by atoms with Gasteiger partial charge in [0.15, 0.2) is 28.4 Å². The molecule has 0 spiro atoms. The molecule has 0 saturated carbocycles. The van der Waals surface area contributed by atoms with Crippen LogP contribution in [0.5, 0.6) is 11.5 Å². The van der Waals surface area contributed by atoms with Gasteiger partial charge in [0, 0.05) is 41.9 Å². The summed E-state index contributed by atoms with van der Waals surface area (Å²) >= 11 is 8.10. The molecule has 6 N–H and O–H groups in total. The third kappa shape index (κ3) is 10.00. The van der Waals surface area contributed by atoms with Crippen LogP contribution in [-0.2, 0) is 28.8 Å². The van der Waals surface area contributed by atoms with Crippen molar-refractivity contribution >= 4 is 81.2 Å². The van der Waals surface area contributed by atoms with E-state index in [4.69, 9.17) is 22.2 Å². The molecule has 5 rings (SSSR count). The number of aromatic hydroxyl groups is 2. The van der Waals surface area contributed by atoms with Gasteiger partial charge in [0.25, 0.3) is 17.7 Å². The van der Waals surface area contributed by atoms with E-state index < -0.39 is 76.8 Å². The molecule has 3 atom stereocenters. The molecule has 1 aromatic heterocycles. The van der Waals surface area contributed by atoms with Gasteiger partial charge in [0.05, 0.1) is 54.4 Å². The molecule has 278 valence electrons. The Hall–Kier alpha value is -3.12. The predicted molar refractivity (Wildman–Crippen MR) is 176 cm³/mol. The minimum Gasteiger partial charge on any atom is -0.550 e. The van der Waals surface area contributed by atoms with Crippen LogP contribution in [0.2, 0.25) is 5.02 Å². The summed E-state index contributed by atoms with van der Waals surface area (Å²) in [6.45, 7) is 2.10. The van der Waals surface area contributed by atoms with Gasteiger partial charge in [-0.15, -0.1) is 23.1 Å². The number of halogens is 1. The maximum absolute atomic E-state index is 13.4. The van der Waals surface area contributed by atoms with Crippen molar-refractivity contribution in [3.63, 3.8) is 0 Å². The van der Waals surface area contributed by atoms with E-state index in [0.717, 1.165) is 35.1 Å². The number of hydrogen-bond donors (Lipinski definition) is 5. The number of carboxylic acid groups (broad SMARTS) is 3. The third-order valence-electron chi connectivity index (χ3n) is 8.65. The van der Waals surface area contributed by atoms with Gasteiger partial charge in [0.1, 0.15) is 23.7 Å². The number of thioether (sulfide) groups is 1. The number of amides is 3. The van der Waals surface area contributed by atoms with Gasteiger partial charge in [-0.3, -0.25) is 19.3 Å². The molecule has 0 radical (unpaired) electrons. The van der Waals surface area contributed by atoms with Gasteiger partial charge in [-0.05, 0) is 12.1 Å². The van der Waals surface area contributed by atoms with E-state index in [-0.39, 0.29) is 105 Å². The summed E-state index contributed by atoms with van der Waals surface area (Å²) < 4.78 is 0.399. The molecule has 3 amide bonds. The molecule has 54 heavy (non-hydrogen) atoms. The van der Waals surface area contributed by atoms with Crippen molar-refractivity contribution in [2.24, 2.45) is 5.16 Å². The zero-order valence-corrected chi connectivity index (χ0v) is 35.3. The summed E-state index contributed by atoms with van der Waals surface area (Å²) in [6, 6.07) is 1.14. The number of nitrogens with one attached hydrogen (secondary N) is 2. The Morgan fingerprint density at radius 2 is 1.83 bits per heavy atom. The minimum absolute atomic E-state index is 0. The number of likely N-dealkylation sites (tertiary alicyclic amines) is 1. The van der Waals surface area contributed by atoms with Crippen molar-refractivity contribution in [2.45, 2.75) is 36.8 Å². The number of rotatable bonds is 15. The number of quaternary nitrogens is 1. The van der Waals surface area contributed by atoms with Crippen LogP contribution in [0.3, 0.4) is 0 Å². The normalized spacial score (nSPS) is 19.3. The standard InChI is InChI=1S/C30H32ClN7O12S2.2Na/c31-19-14(3-4-16(39)23(19)42)24(43)33-5-8-38(6-1-2-7-38)10-13-11-51-27-21(26(45)37(27)22(13)29(48)49)35-25(44)20(15-12-52-30(32)34-15)36-50-17(28(46)47)9-18(40)41;;/h3-4,12,17,21,27H,1-2,5-11H2,(H8-,32,33,34,35,36,39,40,41,42,43,44,46,47,48,49);;/q;2*+1/p-2/t17-,21+,27+;;/m0../s1. The number of fused-ring (bicyclic) bond motifs is 1. The number of thiazole rings is 1. The Balaban J connectivity index is 0.00000392. The van der Waals surface area contributed by atoms with E-state index in [0.29, 0.717) is 29.7 Å². The molecule has 0 unspecified atom stereocenters. The molecule has 4 heterocycles. The largest absolute Gasteiger partial charge is 1.00 e. The number of phenolic OH excluding ortho intramolecular Hbond substituents is 2. The fraction of sp³-hybridized carbons (Fsp3) is 0.400. The number of aliphatic carboxylic acids is 3. The number of nitrogens with zero attached hydrogens (tertiary/aromatic N) is 4. The van der Waals surface area contributed by atoms with Crippen LogP contribution in [0.1, 0.15) is 35.3 Å². The van der Waals surface area contributed by atoms with E-state index in [9.17, 15) is 54.3 Å². The van der Waals surface area contributed by atoms with Crippen molar-refractivity contribution in [3.8, 4) is 11.5 Å². The second-order valence-electron chi connectivity index (χ2n) is 12.0. The minimum atomic E-state index is -2.13. The molecule has 2 saturated heterocycles. The van der Waals surface area contributed by atoms with E-state index >= 15 is 0 Å². The van der Waals surface area contributed by atoms with Gasteiger partial charge < -0.3 is 65.6 Å². The van der Waals surface area contributed by atoms with Crippen molar-refractivity contribution < 1.29 is 123 Å². The molecule has 3 aliphatic heterocycles. The molecule has 1 aromatic carbocycles. The SMILES string of the molecule is Nc1nc(/C(=N/O[C@@H](CC(=O)[O-])C(=O)[O-])C(=O)N[C@@H]2C(=O)N3C(C(=O)[O-])=C(C[N+]4(CCNC(=O)c5ccc(O)c(O)c5Cl)CCCC4)CS[C@H]23)cs1.[Na+].[Na+]. The Morgan fingerprint density at radius 1 is 1.15 bits per heavy atom. The van der Waals surface area contributed by atoms with Crippen LogP contribution in [0.4, 0.5) is 5.13 Å². The Bertz CT molecular complexity index is 1890. The van der Waals surface area contributed by atoms with Crippen molar-refractivity contribution in [2.75, 3.05) is 44.2 Å². The molecular formula is C30H30ClN7Na2O12S2. The second-order valence-corrected chi connectivity index (χ2v) is 14.4. The first-order valence-corrected chi connectivity index (χ1v) is 17.8. The molecular weight excluding hydrogens is 796 g/mol. The number of benzene rings is 1. The predicted octanol–water partition coefficient (Wildman–Crippen LogP) is -9.78. The number of aromatic nitrogens is 1. The number of phenols is 2. The van der Waals surface area contributed by atoms with Crippen molar-refractivity contribution in [1.29, 1.82) is 0 Å². The number of β-lactam (4-membered cyclic amide) rings is 1. The molecule has 24 heteroatoms. The second kappa shape index (κ2) is 19.2. The summed E-state index contributed by atoms with van der Waals surface area (Å²) in [6.07, 6.45) is -1.61. The van der Waals surface area contributed by atoms with Crippen molar-refractivity contribution in [1.82, 2.24) is 20.5 Å². The fourth-order valence-electron chi connectivity index (χ4n) is 6.14. The first kappa shape index (κ1) is 45.3. The Kier molecular flexibility index (Phi) is 16.1. The van der Waals surface area contributed by atoms with Crippen LogP contribution in [0, 0.1) is 0 Å².